The second-order valence-corrected chi connectivity index (χ2v) is 9.65. The zero-order valence-electron chi connectivity index (χ0n) is 20.2. The Morgan fingerprint density at radius 1 is 1.05 bits per heavy atom. The molecular formula is C27H21F2N4O5P. The van der Waals surface area contributed by atoms with Crippen LogP contribution in [0.3, 0.4) is 0 Å². The quantitative estimate of drug-likeness (QED) is 0.341. The molecule has 2 heterocycles. The van der Waals surface area contributed by atoms with Crippen LogP contribution in [-0.2, 0) is 12.8 Å². The number of anilines is 1. The van der Waals surface area contributed by atoms with Crippen molar-refractivity contribution in [1.82, 2.24) is 9.78 Å². The van der Waals surface area contributed by atoms with E-state index in [-0.39, 0.29) is 23.8 Å². The van der Waals surface area contributed by atoms with Crippen LogP contribution in [0, 0.1) is 0 Å². The minimum Gasteiger partial charge on any atom is -0.454 e. The summed E-state index contributed by atoms with van der Waals surface area (Å²) in [7, 11) is 1.28. The van der Waals surface area contributed by atoms with Crippen LogP contribution in [-0.4, -0.2) is 34.2 Å². The van der Waals surface area contributed by atoms with Crippen LogP contribution in [0.2, 0.25) is 0 Å². The van der Waals surface area contributed by atoms with Gasteiger partial charge in [0.25, 0.3) is 11.8 Å². The summed E-state index contributed by atoms with van der Waals surface area (Å²) in [5, 5.41) is 7.30. The van der Waals surface area contributed by atoms with Gasteiger partial charge in [0.05, 0.1) is 16.9 Å². The van der Waals surface area contributed by atoms with Crippen molar-refractivity contribution in [3.63, 3.8) is 0 Å². The monoisotopic (exact) mass is 550 g/mol. The summed E-state index contributed by atoms with van der Waals surface area (Å²) >= 11 is 0. The van der Waals surface area contributed by atoms with Crippen LogP contribution >= 0.6 is 9.24 Å². The van der Waals surface area contributed by atoms with Crippen molar-refractivity contribution in [2.75, 3.05) is 12.1 Å². The number of carbonyl (C=O) groups excluding carboxylic acids is 2. The van der Waals surface area contributed by atoms with Crippen molar-refractivity contribution in [3.05, 3.63) is 83.0 Å². The van der Waals surface area contributed by atoms with Gasteiger partial charge in [-0.2, -0.15) is 13.9 Å². The number of hydrogen-bond acceptors (Lipinski definition) is 6. The number of benzene rings is 3. The predicted molar refractivity (Wildman–Crippen MR) is 141 cm³/mol. The number of para-hydroxylation sites is 1. The van der Waals surface area contributed by atoms with Gasteiger partial charge >= 0.3 is 5.85 Å². The van der Waals surface area contributed by atoms with E-state index in [2.05, 4.69) is 15.2 Å². The number of nitrogens with zero attached hydrogens (tertiary/aromatic N) is 2. The lowest BCUT2D eigenvalue weighted by atomic mass is 9.88. The molecule has 39 heavy (non-hydrogen) atoms. The summed E-state index contributed by atoms with van der Waals surface area (Å²) in [6.07, 6.45) is 1.18. The van der Waals surface area contributed by atoms with Gasteiger partial charge in [-0.05, 0) is 64.0 Å². The lowest BCUT2D eigenvalue weighted by Gasteiger charge is -2.20. The number of hydrogen-bond donors (Lipinski definition) is 2. The van der Waals surface area contributed by atoms with Crippen molar-refractivity contribution in [2.45, 2.75) is 18.7 Å². The first kappa shape index (κ1) is 24.8. The number of carbonyl (C=O) groups is 2. The molecule has 1 atom stereocenters. The van der Waals surface area contributed by atoms with Crippen LogP contribution in [0.15, 0.2) is 60.7 Å². The van der Waals surface area contributed by atoms with Crippen LogP contribution in [0.5, 0.6) is 17.2 Å². The molecular weight excluding hydrogens is 529 g/mol. The number of amides is 2. The molecule has 3 N–H and O–H groups in total. The first-order chi connectivity index (χ1) is 18.7. The Morgan fingerprint density at radius 2 is 1.85 bits per heavy atom. The third kappa shape index (κ3) is 4.66. The van der Waals surface area contributed by atoms with Gasteiger partial charge in [-0.15, -0.1) is 0 Å². The first-order valence-electron chi connectivity index (χ1n) is 11.9. The molecule has 2 amide bonds. The van der Waals surface area contributed by atoms with Crippen LogP contribution in [0.4, 0.5) is 14.5 Å². The summed E-state index contributed by atoms with van der Waals surface area (Å²) in [4.78, 5) is 25.4. The van der Waals surface area contributed by atoms with E-state index in [9.17, 15) is 18.4 Å². The molecule has 1 aliphatic heterocycles. The van der Waals surface area contributed by atoms with Crippen LogP contribution < -0.4 is 25.3 Å². The van der Waals surface area contributed by atoms with E-state index >= 15 is 0 Å². The molecule has 1 aliphatic carbocycles. The highest BCUT2D eigenvalue weighted by Gasteiger charge is 2.30. The smallest absolute Gasteiger partial charge is 0.408 e. The van der Waals surface area contributed by atoms with Crippen molar-refractivity contribution < 1.29 is 32.6 Å². The van der Waals surface area contributed by atoms with Crippen LogP contribution in [0.25, 0.3) is 16.9 Å². The number of aromatic nitrogens is 2. The van der Waals surface area contributed by atoms with E-state index < -0.39 is 17.7 Å². The molecule has 1 unspecified atom stereocenters. The third-order valence-electron chi connectivity index (χ3n) is 6.46. The summed E-state index contributed by atoms with van der Waals surface area (Å²) < 4.78 is 44.1. The number of alkyl halides is 2. The summed E-state index contributed by atoms with van der Waals surface area (Å²) in [6, 6.07) is 16.4. The summed E-state index contributed by atoms with van der Waals surface area (Å²) in [5.41, 5.74) is 9.90. The van der Waals surface area contributed by atoms with E-state index in [0.29, 0.717) is 47.0 Å². The van der Waals surface area contributed by atoms with Crippen molar-refractivity contribution in [3.8, 4) is 34.2 Å². The SMILES string of the molecule is NC(=O)c1nn(-c2ccc3c(c2)OCO3)c2c1CCc1ccc(NC(=O)c3ccccc3OC(F)(F)P)cc1-2. The molecule has 9 nitrogen and oxygen atoms in total. The second-order valence-electron chi connectivity index (χ2n) is 8.98. The molecule has 0 fully saturated rings. The predicted octanol–water partition coefficient (Wildman–Crippen LogP) is 4.52. The number of rotatable bonds is 6. The zero-order chi connectivity index (χ0) is 27.3. The maximum absolute atomic E-state index is 13.5. The zero-order valence-corrected chi connectivity index (χ0v) is 21.4. The molecule has 0 spiro atoms. The molecule has 6 rings (SSSR count). The van der Waals surface area contributed by atoms with E-state index in [1.165, 1.54) is 27.4 Å². The molecule has 0 saturated carbocycles. The minimum absolute atomic E-state index is 0.0561. The van der Waals surface area contributed by atoms with E-state index in [1.807, 2.05) is 6.07 Å². The Balaban J connectivity index is 1.40. The maximum Gasteiger partial charge on any atom is 0.408 e. The fraction of sp³-hybridized carbons (Fsp3) is 0.148. The fourth-order valence-electron chi connectivity index (χ4n) is 4.81. The van der Waals surface area contributed by atoms with Crippen LogP contribution in [0.1, 0.15) is 32.0 Å². The maximum atomic E-state index is 13.5. The molecule has 12 heteroatoms. The number of primary amides is 1. The lowest BCUT2D eigenvalue weighted by Crippen LogP contribution is -2.19. The highest BCUT2D eigenvalue weighted by atomic mass is 31.0. The fourth-order valence-corrected chi connectivity index (χ4v) is 4.93. The van der Waals surface area contributed by atoms with Gasteiger partial charge in [0.15, 0.2) is 17.2 Å². The summed E-state index contributed by atoms with van der Waals surface area (Å²) in [6.45, 7) is 0.108. The van der Waals surface area contributed by atoms with Gasteiger partial charge in [-0.3, -0.25) is 9.59 Å². The molecule has 3 aromatic carbocycles. The molecule has 198 valence electrons. The van der Waals surface area contributed by atoms with E-state index in [1.54, 1.807) is 41.1 Å². The second kappa shape index (κ2) is 9.36. The number of aryl methyl sites for hydroxylation is 1. The van der Waals surface area contributed by atoms with Crippen molar-refractivity contribution in [1.29, 1.82) is 0 Å². The Kier molecular flexibility index (Phi) is 5.95. The lowest BCUT2D eigenvalue weighted by molar-refractivity contribution is -0.0894. The van der Waals surface area contributed by atoms with Crippen molar-refractivity contribution in [2.24, 2.45) is 5.73 Å². The number of ether oxygens (including phenoxy) is 3. The average molecular weight is 550 g/mol. The highest BCUT2D eigenvalue weighted by molar-refractivity contribution is 7.17. The Labute approximate surface area is 223 Å². The van der Waals surface area contributed by atoms with Gasteiger partial charge in [0.1, 0.15) is 5.75 Å². The molecule has 0 bridgehead atoms. The average Bonchev–Trinajstić information content (AvgIpc) is 3.52. The van der Waals surface area contributed by atoms with Crippen molar-refractivity contribution >= 4 is 26.7 Å². The largest absolute Gasteiger partial charge is 0.454 e. The number of nitrogens with two attached hydrogens (primary N) is 1. The highest BCUT2D eigenvalue weighted by Crippen LogP contribution is 2.40. The third-order valence-corrected chi connectivity index (χ3v) is 6.58. The van der Waals surface area contributed by atoms with Gasteiger partial charge in [0.2, 0.25) is 6.79 Å². The van der Waals surface area contributed by atoms with Gasteiger partial charge < -0.3 is 25.3 Å². The molecule has 0 radical (unpaired) electrons. The normalized spacial score (nSPS) is 13.4. The Morgan fingerprint density at radius 3 is 2.64 bits per heavy atom. The molecule has 2 aliphatic rings. The van der Waals surface area contributed by atoms with Gasteiger partial charge in [-0.1, -0.05) is 18.2 Å². The number of fused-ring (bicyclic) bond motifs is 4. The topological polar surface area (TPSA) is 118 Å². The number of nitrogens with one attached hydrogen (secondary N) is 1. The molecule has 4 aromatic rings. The van der Waals surface area contributed by atoms with Gasteiger partial charge in [0, 0.05) is 22.9 Å². The van der Waals surface area contributed by atoms with Gasteiger partial charge in [-0.25, -0.2) is 4.68 Å². The molecule has 1 aromatic heterocycles. The Bertz CT molecular complexity index is 1650. The van der Waals surface area contributed by atoms with E-state index in [4.69, 9.17) is 15.2 Å². The minimum atomic E-state index is -3.54. The number of halogens is 2. The summed E-state index contributed by atoms with van der Waals surface area (Å²) in [5.74, 6) is -3.93. The Hall–Kier alpha value is -4.50. The standard InChI is InChI=1S/C27H21F2N4O5P/c28-27(29,39)38-20-4-2-1-3-17(20)26(35)31-15-7-5-14-6-9-18-23(25(30)34)32-33(24(18)19(14)11-15)16-8-10-21-22(12-16)37-13-36-21/h1-5,7-8,10-12H,6,9,13,39H2,(H2,30,34)(H,31,35). The molecule has 0 saturated heterocycles. The first-order valence-corrected chi connectivity index (χ1v) is 12.5. The van der Waals surface area contributed by atoms with E-state index in [0.717, 1.165) is 11.1 Å².